The summed E-state index contributed by atoms with van der Waals surface area (Å²) in [6, 6.07) is 1.79. The zero-order chi connectivity index (χ0) is 13.1. The van der Waals surface area contributed by atoms with Gasteiger partial charge in [-0.2, -0.15) is 0 Å². The summed E-state index contributed by atoms with van der Waals surface area (Å²) in [6.45, 7) is 1.37. The molecule has 0 aromatic carbocycles. The van der Waals surface area contributed by atoms with E-state index < -0.39 is 0 Å². The van der Waals surface area contributed by atoms with Crippen molar-refractivity contribution in [2.24, 2.45) is 0 Å². The minimum Gasteiger partial charge on any atom is -0.380 e. The SMILES string of the molecule is CNc1ncc(Br)cc1C(=O)N1CCC(OC)C1. The third-order valence-electron chi connectivity index (χ3n) is 3.09. The summed E-state index contributed by atoms with van der Waals surface area (Å²) in [4.78, 5) is 18.4. The van der Waals surface area contributed by atoms with Crippen molar-refractivity contribution in [2.75, 3.05) is 32.6 Å². The van der Waals surface area contributed by atoms with Crippen LogP contribution in [0.2, 0.25) is 0 Å². The first-order chi connectivity index (χ1) is 8.65. The number of hydrogen-bond donors (Lipinski definition) is 1. The molecule has 1 aromatic rings. The highest BCUT2D eigenvalue weighted by Crippen LogP contribution is 2.22. The third kappa shape index (κ3) is 2.64. The van der Waals surface area contributed by atoms with E-state index in [-0.39, 0.29) is 12.0 Å². The van der Waals surface area contributed by atoms with E-state index >= 15 is 0 Å². The van der Waals surface area contributed by atoms with Gasteiger partial charge in [-0.15, -0.1) is 0 Å². The molecule has 1 fully saturated rings. The summed E-state index contributed by atoms with van der Waals surface area (Å²) < 4.78 is 6.07. The van der Waals surface area contributed by atoms with E-state index in [4.69, 9.17) is 4.74 Å². The number of ether oxygens (including phenoxy) is 1. The summed E-state index contributed by atoms with van der Waals surface area (Å²) in [7, 11) is 3.44. The number of amides is 1. The Morgan fingerprint density at radius 1 is 1.67 bits per heavy atom. The van der Waals surface area contributed by atoms with Gasteiger partial charge in [0.25, 0.3) is 5.91 Å². The maximum atomic E-state index is 12.4. The molecule has 2 heterocycles. The van der Waals surface area contributed by atoms with Crippen LogP contribution in [0.25, 0.3) is 0 Å². The number of likely N-dealkylation sites (tertiary alicyclic amines) is 1. The van der Waals surface area contributed by atoms with E-state index in [0.717, 1.165) is 17.4 Å². The molecule has 1 aromatic heterocycles. The molecule has 0 spiro atoms. The molecule has 5 nitrogen and oxygen atoms in total. The number of anilines is 1. The molecule has 2 rings (SSSR count). The van der Waals surface area contributed by atoms with E-state index in [1.54, 1.807) is 31.3 Å². The van der Waals surface area contributed by atoms with Crippen molar-refractivity contribution in [3.05, 3.63) is 22.3 Å². The Hall–Kier alpha value is -1.14. The predicted molar refractivity (Wildman–Crippen MR) is 72.8 cm³/mol. The van der Waals surface area contributed by atoms with Gasteiger partial charge in [0, 0.05) is 37.9 Å². The van der Waals surface area contributed by atoms with Gasteiger partial charge in [0.1, 0.15) is 5.82 Å². The van der Waals surface area contributed by atoms with Gasteiger partial charge in [-0.1, -0.05) is 0 Å². The number of nitrogens with zero attached hydrogens (tertiary/aromatic N) is 2. The Morgan fingerprint density at radius 2 is 2.44 bits per heavy atom. The monoisotopic (exact) mass is 313 g/mol. The number of nitrogens with one attached hydrogen (secondary N) is 1. The fourth-order valence-electron chi connectivity index (χ4n) is 2.08. The molecule has 1 atom stereocenters. The number of rotatable bonds is 3. The van der Waals surface area contributed by atoms with Gasteiger partial charge in [-0.05, 0) is 28.4 Å². The van der Waals surface area contributed by atoms with Crippen molar-refractivity contribution in [3.8, 4) is 0 Å². The average Bonchev–Trinajstić information content (AvgIpc) is 2.86. The highest BCUT2D eigenvalue weighted by atomic mass is 79.9. The van der Waals surface area contributed by atoms with Gasteiger partial charge in [-0.3, -0.25) is 4.79 Å². The Labute approximate surface area is 115 Å². The first-order valence-corrected chi connectivity index (χ1v) is 6.60. The number of halogens is 1. The molecule has 0 bridgehead atoms. The van der Waals surface area contributed by atoms with Crippen LogP contribution in [0.15, 0.2) is 16.7 Å². The number of hydrogen-bond acceptors (Lipinski definition) is 4. The van der Waals surface area contributed by atoms with Gasteiger partial charge < -0.3 is 15.0 Å². The summed E-state index contributed by atoms with van der Waals surface area (Å²) in [5, 5.41) is 2.94. The van der Waals surface area contributed by atoms with Crippen LogP contribution in [0, 0.1) is 0 Å². The zero-order valence-electron chi connectivity index (χ0n) is 10.4. The number of aromatic nitrogens is 1. The van der Waals surface area contributed by atoms with Crippen molar-refractivity contribution in [1.82, 2.24) is 9.88 Å². The first-order valence-electron chi connectivity index (χ1n) is 5.81. The van der Waals surface area contributed by atoms with Crippen LogP contribution in [-0.4, -0.2) is 49.1 Å². The third-order valence-corrected chi connectivity index (χ3v) is 3.52. The quantitative estimate of drug-likeness (QED) is 0.923. The van der Waals surface area contributed by atoms with Crippen LogP contribution >= 0.6 is 15.9 Å². The second-order valence-electron chi connectivity index (χ2n) is 4.20. The first kappa shape index (κ1) is 13.3. The van der Waals surface area contributed by atoms with Crippen LogP contribution in [-0.2, 0) is 4.74 Å². The van der Waals surface area contributed by atoms with Crippen LogP contribution in [0.3, 0.4) is 0 Å². The fourth-order valence-corrected chi connectivity index (χ4v) is 2.41. The smallest absolute Gasteiger partial charge is 0.257 e. The molecule has 98 valence electrons. The normalized spacial score (nSPS) is 19.1. The fraction of sp³-hybridized carbons (Fsp3) is 0.500. The largest absolute Gasteiger partial charge is 0.380 e. The van der Waals surface area contributed by atoms with E-state index in [0.29, 0.717) is 17.9 Å². The second-order valence-corrected chi connectivity index (χ2v) is 5.11. The minimum atomic E-state index is -0.00676. The lowest BCUT2D eigenvalue weighted by atomic mass is 10.2. The maximum Gasteiger partial charge on any atom is 0.257 e. The molecule has 1 unspecified atom stereocenters. The Morgan fingerprint density at radius 3 is 3.06 bits per heavy atom. The molecule has 0 radical (unpaired) electrons. The summed E-state index contributed by atoms with van der Waals surface area (Å²) >= 11 is 3.34. The summed E-state index contributed by atoms with van der Waals surface area (Å²) in [5.41, 5.74) is 0.587. The van der Waals surface area contributed by atoms with E-state index in [1.165, 1.54) is 0 Å². The van der Waals surface area contributed by atoms with Gasteiger partial charge in [0.05, 0.1) is 11.7 Å². The van der Waals surface area contributed by atoms with E-state index in [9.17, 15) is 4.79 Å². The van der Waals surface area contributed by atoms with Crippen LogP contribution in [0.4, 0.5) is 5.82 Å². The van der Waals surface area contributed by atoms with Gasteiger partial charge in [0.2, 0.25) is 0 Å². The van der Waals surface area contributed by atoms with Gasteiger partial charge >= 0.3 is 0 Å². The Balaban J connectivity index is 2.21. The molecular weight excluding hydrogens is 298 g/mol. The molecule has 1 amide bonds. The molecule has 1 aliphatic rings. The molecule has 0 aliphatic carbocycles. The Kier molecular flexibility index (Phi) is 4.19. The Bertz CT molecular complexity index is 453. The topological polar surface area (TPSA) is 54.5 Å². The number of pyridine rings is 1. The van der Waals surface area contributed by atoms with Crippen molar-refractivity contribution in [2.45, 2.75) is 12.5 Å². The summed E-state index contributed by atoms with van der Waals surface area (Å²) in [5.74, 6) is 0.594. The van der Waals surface area contributed by atoms with Crippen LogP contribution < -0.4 is 5.32 Å². The standard InChI is InChI=1S/C12H16BrN3O2/c1-14-11-10(5-8(13)6-15-11)12(17)16-4-3-9(7-16)18-2/h5-6,9H,3-4,7H2,1-2H3,(H,14,15). The van der Waals surface area contributed by atoms with Crippen LogP contribution in [0.5, 0.6) is 0 Å². The zero-order valence-corrected chi connectivity index (χ0v) is 12.0. The summed E-state index contributed by atoms with van der Waals surface area (Å²) in [6.07, 6.45) is 2.70. The van der Waals surface area contributed by atoms with Gasteiger partial charge in [0.15, 0.2) is 0 Å². The minimum absolute atomic E-state index is 0.00676. The highest BCUT2D eigenvalue weighted by molar-refractivity contribution is 9.10. The molecule has 0 saturated carbocycles. The number of methoxy groups -OCH3 is 1. The predicted octanol–water partition coefficient (Wildman–Crippen LogP) is 1.75. The van der Waals surface area contributed by atoms with Crippen molar-refractivity contribution >= 4 is 27.7 Å². The lowest BCUT2D eigenvalue weighted by Crippen LogP contribution is -2.30. The number of carbonyl (C=O) groups excluding carboxylic acids is 1. The maximum absolute atomic E-state index is 12.4. The molecule has 18 heavy (non-hydrogen) atoms. The van der Waals surface area contributed by atoms with Gasteiger partial charge in [-0.25, -0.2) is 4.98 Å². The van der Waals surface area contributed by atoms with Crippen molar-refractivity contribution in [3.63, 3.8) is 0 Å². The lowest BCUT2D eigenvalue weighted by molar-refractivity contribution is 0.0724. The second kappa shape index (κ2) is 5.67. The van der Waals surface area contributed by atoms with Crippen molar-refractivity contribution < 1.29 is 9.53 Å². The van der Waals surface area contributed by atoms with Crippen molar-refractivity contribution in [1.29, 1.82) is 0 Å². The van der Waals surface area contributed by atoms with E-state index in [2.05, 4.69) is 26.2 Å². The van der Waals surface area contributed by atoms with Crippen LogP contribution in [0.1, 0.15) is 16.8 Å². The highest BCUT2D eigenvalue weighted by Gasteiger charge is 2.28. The number of carbonyl (C=O) groups is 1. The van der Waals surface area contributed by atoms with E-state index in [1.807, 2.05) is 0 Å². The molecule has 6 heteroatoms. The molecule has 1 N–H and O–H groups in total. The lowest BCUT2D eigenvalue weighted by Gasteiger charge is -2.17. The average molecular weight is 314 g/mol. The molecule has 1 aliphatic heterocycles. The molecule has 1 saturated heterocycles. The molecular formula is C12H16BrN3O2.